The molecule has 0 aromatic heterocycles. The SMILES string of the molecule is CC(C)CNCc1cc(Cl)cc(CNCC(C)C)c1. The highest BCUT2D eigenvalue weighted by Gasteiger charge is 2.01. The largest absolute Gasteiger partial charge is 0.312 e. The zero-order chi connectivity index (χ0) is 14.3. The maximum atomic E-state index is 6.18. The van der Waals surface area contributed by atoms with E-state index in [0.717, 1.165) is 31.2 Å². The van der Waals surface area contributed by atoms with Crippen molar-refractivity contribution in [2.45, 2.75) is 40.8 Å². The average molecular weight is 283 g/mol. The summed E-state index contributed by atoms with van der Waals surface area (Å²) in [6.45, 7) is 12.7. The molecule has 0 unspecified atom stereocenters. The van der Waals surface area contributed by atoms with E-state index in [2.05, 4.69) is 44.4 Å². The maximum Gasteiger partial charge on any atom is 0.0412 e. The van der Waals surface area contributed by atoms with Crippen LogP contribution in [0.1, 0.15) is 38.8 Å². The van der Waals surface area contributed by atoms with E-state index in [1.54, 1.807) is 0 Å². The van der Waals surface area contributed by atoms with Gasteiger partial charge in [-0.2, -0.15) is 0 Å². The number of halogens is 1. The van der Waals surface area contributed by atoms with Crippen LogP contribution in [-0.4, -0.2) is 13.1 Å². The first kappa shape index (κ1) is 16.5. The van der Waals surface area contributed by atoms with Crippen LogP contribution in [0.5, 0.6) is 0 Å². The van der Waals surface area contributed by atoms with Crippen molar-refractivity contribution >= 4 is 11.6 Å². The third-order valence-electron chi connectivity index (χ3n) is 2.78. The standard InChI is InChI=1S/C16H27ClN2/c1-12(2)8-18-10-14-5-15(7-16(17)6-14)11-19-9-13(3)4/h5-7,12-13,18-19H,8-11H2,1-4H3. The van der Waals surface area contributed by atoms with Gasteiger partial charge in [0.2, 0.25) is 0 Å². The molecule has 0 saturated heterocycles. The van der Waals surface area contributed by atoms with Crippen LogP contribution in [0.4, 0.5) is 0 Å². The number of benzene rings is 1. The first-order chi connectivity index (χ1) is 8.97. The minimum Gasteiger partial charge on any atom is -0.312 e. The Kier molecular flexibility index (Phi) is 7.44. The summed E-state index contributed by atoms with van der Waals surface area (Å²) >= 11 is 6.18. The lowest BCUT2D eigenvalue weighted by Gasteiger charge is -2.11. The highest BCUT2D eigenvalue weighted by atomic mass is 35.5. The van der Waals surface area contributed by atoms with Crippen LogP contribution in [0.25, 0.3) is 0 Å². The molecule has 0 atom stereocenters. The monoisotopic (exact) mass is 282 g/mol. The molecule has 19 heavy (non-hydrogen) atoms. The minimum atomic E-state index is 0.673. The van der Waals surface area contributed by atoms with Crippen LogP contribution in [0.15, 0.2) is 18.2 Å². The molecule has 0 bridgehead atoms. The molecule has 1 aromatic carbocycles. The van der Waals surface area contributed by atoms with Crippen LogP contribution in [0, 0.1) is 11.8 Å². The molecule has 0 amide bonds. The fourth-order valence-electron chi connectivity index (χ4n) is 1.93. The highest BCUT2D eigenvalue weighted by molar-refractivity contribution is 6.30. The smallest absolute Gasteiger partial charge is 0.0412 e. The molecule has 0 saturated carbocycles. The number of rotatable bonds is 8. The first-order valence-corrected chi connectivity index (χ1v) is 7.55. The topological polar surface area (TPSA) is 24.1 Å². The van der Waals surface area contributed by atoms with Gasteiger partial charge in [-0.05, 0) is 48.2 Å². The molecular formula is C16H27ClN2. The normalized spacial score (nSPS) is 11.5. The van der Waals surface area contributed by atoms with E-state index in [0.29, 0.717) is 11.8 Å². The summed E-state index contributed by atoms with van der Waals surface area (Å²) in [4.78, 5) is 0. The molecule has 2 N–H and O–H groups in total. The second-order valence-electron chi connectivity index (χ2n) is 6.02. The van der Waals surface area contributed by atoms with E-state index in [1.165, 1.54) is 11.1 Å². The third kappa shape index (κ3) is 7.56. The molecule has 3 heteroatoms. The molecule has 0 fully saturated rings. The Balaban J connectivity index is 2.51. The molecule has 108 valence electrons. The van der Waals surface area contributed by atoms with Crippen LogP contribution >= 0.6 is 11.6 Å². The van der Waals surface area contributed by atoms with E-state index in [9.17, 15) is 0 Å². The van der Waals surface area contributed by atoms with E-state index in [4.69, 9.17) is 11.6 Å². The lowest BCUT2D eigenvalue weighted by molar-refractivity contribution is 0.548. The molecule has 0 heterocycles. The summed E-state index contributed by atoms with van der Waals surface area (Å²) in [6.07, 6.45) is 0. The van der Waals surface area contributed by atoms with E-state index >= 15 is 0 Å². The summed E-state index contributed by atoms with van der Waals surface area (Å²) < 4.78 is 0. The van der Waals surface area contributed by atoms with Gasteiger partial charge in [0.25, 0.3) is 0 Å². The molecule has 0 aliphatic heterocycles. The van der Waals surface area contributed by atoms with Crippen molar-refractivity contribution < 1.29 is 0 Å². The summed E-state index contributed by atoms with van der Waals surface area (Å²) in [5, 5.41) is 7.73. The van der Waals surface area contributed by atoms with Crippen LogP contribution in [0.2, 0.25) is 5.02 Å². The fraction of sp³-hybridized carbons (Fsp3) is 0.625. The second-order valence-corrected chi connectivity index (χ2v) is 6.45. The van der Waals surface area contributed by atoms with Crippen molar-refractivity contribution in [3.8, 4) is 0 Å². The van der Waals surface area contributed by atoms with Crippen molar-refractivity contribution in [1.82, 2.24) is 10.6 Å². The summed E-state index contributed by atoms with van der Waals surface area (Å²) in [5.41, 5.74) is 2.52. The Morgan fingerprint density at radius 1 is 0.842 bits per heavy atom. The Labute approximate surface area is 122 Å². The Hall–Kier alpha value is -0.570. The summed E-state index contributed by atoms with van der Waals surface area (Å²) in [6, 6.07) is 6.31. The predicted molar refractivity (Wildman–Crippen MR) is 84.5 cm³/mol. The van der Waals surface area contributed by atoms with Gasteiger partial charge in [-0.15, -0.1) is 0 Å². The zero-order valence-electron chi connectivity index (χ0n) is 12.6. The Bertz CT molecular complexity index is 343. The molecule has 0 spiro atoms. The van der Waals surface area contributed by atoms with Crippen LogP contribution in [0.3, 0.4) is 0 Å². The van der Waals surface area contributed by atoms with Crippen molar-refractivity contribution in [3.05, 3.63) is 34.3 Å². The Morgan fingerprint density at radius 2 is 1.26 bits per heavy atom. The molecule has 2 nitrogen and oxygen atoms in total. The van der Waals surface area contributed by atoms with Gasteiger partial charge in [0.05, 0.1) is 0 Å². The van der Waals surface area contributed by atoms with Gasteiger partial charge in [0.1, 0.15) is 0 Å². The van der Waals surface area contributed by atoms with E-state index in [1.807, 2.05) is 12.1 Å². The second kappa shape index (κ2) is 8.57. The average Bonchev–Trinajstić information content (AvgIpc) is 2.27. The Morgan fingerprint density at radius 3 is 1.63 bits per heavy atom. The van der Waals surface area contributed by atoms with E-state index in [-0.39, 0.29) is 0 Å². The summed E-state index contributed by atoms with van der Waals surface area (Å²) in [7, 11) is 0. The molecule has 1 aromatic rings. The summed E-state index contributed by atoms with van der Waals surface area (Å²) in [5.74, 6) is 1.35. The van der Waals surface area contributed by atoms with Crippen molar-refractivity contribution in [2.75, 3.05) is 13.1 Å². The molecular weight excluding hydrogens is 256 g/mol. The quantitative estimate of drug-likeness (QED) is 0.757. The van der Waals surface area contributed by atoms with Gasteiger partial charge in [-0.1, -0.05) is 45.4 Å². The fourth-order valence-corrected chi connectivity index (χ4v) is 2.21. The van der Waals surface area contributed by atoms with Gasteiger partial charge >= 0.3 is 0 Å². The highest BCUT2D eigenvalue weighted by Crippen LogP contribution is 2.15. The molecule has 1 rings (SSSR count). The van der Waals surface area contributed by atoms with Gasteiger partial charge in [-0.3, -0.25) is 0 Å². The van der Waals surface area contributed by atoms with Crippen LogP contribution < -0.4 is 10.6 Å². The first-order valence-electron chi connectivity index (χ1n) is 7.17. The minimum absolute atomic E-state index is 0.673. The van der Waals surface area contributed by atoms with Gasteiger partial charge in [-0.25, -0.2) is 0 Å². The van der Waals surface area contributed by atoms with Crippen molar-refractivity contribution in [1.29, 1.82) is 0 Å². The number of hydrogen-bond acceptors (Lipinski definition) is 2. The van der Waals surface area contributed by atoms with Gasteiger partial charge < -0.3 is 10.6 Å². The third-order valence-corrected chi connectivity index (χ3v) is 3.00. The van der Waals surface area contributed by atoms with E-state index < -0.39 is 0 Å². The van der Waals surface area contributed by atoms with Crippen molar-refractivity contribution in [2.24, 2.45) is 11.8 Å². The van der Waals surface area contributed by atoms with Gasteiger partial charge in [0, 0.05) is 18.1 Å². The van der Waals surface area contributed by atoms with Crippen LogP contribution in [-0.2, 0) is 13.1 Å². The van der Waals surface area contributed by atoms with Crippen molar-refractivity contribution in [3.63, 3.8) is 0 Å². The number of hydrogen-bond donors (Lipinski definition) is 2. The predicted octanol–water partition coefficient (Wildman–Crippen LogP) is 3.83. The number of nitrogens with one attached hydrogen (secondary N) is 2. The lowest BCUT2D eigenvalue weighted by Crippen LogP contribution is -2.20. The lowest BCUT2D eigenvalue weighted by atomic mass is 10.1. The van der Waals surface area contributed by atoms with Gasteiger partial charge in [0.15, 0.2) is 0 Å². The molecule has 0 aliphatic rings. The molecule has 0 radical (unpaired) electrons. The zero-order valence-corrected chi connectivity index (χ0v) is 13.3. The maximum absolute atomic E-state index is 6.18. The molecule has 0 aliphatic carbocycles.